The van der Waals surface area contributed by atoms with E-state index in [0.717, 1.165) is 4.90 Å². The van der Waals surface area contributed by atoms with Crippen molar-refractivity contribution in [2.24, 2.45) is 35.3 Å². The summed E-state index contributed by atoms with van der Waals surface area (Å²) in [4.78, 5) is 168. The molecule has 2 aromatic carbocycles. The van der Waals surface area contributed by atoms with Crippen LogP contribution < -0.4 is 37.6 Å². The van der Waals surface area contributed by atoms with Crippen LogP contribution in [0.1, 0.15) is 157 Å². The first kappa shape index (κ1) is 79.2. The predicted molar refractivity (Wildman–Crippen MR) is 350 cm³/mol. The number of aliphatic hydroxyl groups is 1. The van der Waals surface area contributed by atoms with Gasteiger partial charge in [-0.25, -0.2) is 14.4 Å². The lowest BCUT2D eigenvalue weighted by atomic mass is 9.89. The Kier molecular flexibility index (Phi) is 32.0. The first-order chi connectivity index (χ1) is 44.9. The highest BCUT2D eigenvalue weighted by Gasteiger charge is 2.44. The standard InChI is InChI=1S/C67H103N11O17/c1-15-41(8)58(49(92-13)36-53(82)77-35-21-25-48(77)60(93-14)42(9)61(85)70-43(10)59(84)45-22-17-16-18-23-45)75(11)65(89)56(39(4)5)74-64(88)57(40(6)7)76(12)67(91)94-37-44-28-30-46(31-29-44)71-62(86)47(24-20-34-69-66(68)90)72-63(87)55(38(2)3)73-50(79)26-19-27-54(83)95-78-51(80)32-33-52(78)81/h16-18,22-23,28-31,38-43,47-49,55-60,84H,15,19-21,24-27,32-37H2,1-14H3,(H,70,85)(H,71,86)(H,72,87)(H,73,79)(H,74,88)(H3,68,69,90)/t41-,42+,43+,47+,48-,49+,55+,56-,57-,58-,59+,60+/m0/s1. The Labute approximate surface area is 557 Å². The third-order valence-corrected chi connectivity index (χ3v) is 17.5. The average Bonchev–Trinajstić information content (AvgIpc) is 1.80. The third kappa shape index (κ3) is 23.3. The Morgan fingerprint density at radius 3 is 1.92 bits per heavy atom. The molecule has 0 spiro atoms. The molecule has 9 N–H and O–H groups in total. The summed E-state index contributed by atoms with van der Waals surface area (Å²) >= 11 is 0. The van der Waals surface area contributed by atoms with Gasteiger partial charge in [0.1, 0.15) is 30.8 Å². The molecule has 0 aliphatic carbocycles. The monoisotopic (exact) mass is 1330 g/mol. The smallest absolute Gasteiger partial charge is 0.410 e. The number of likely N-dealkylation sites (tertiary alicyclic amines) is 1. The lowest BCUT2D eigenvalue weighted by Gasteiger charge is -2.41. The minimum Gasteiger partial charge on any atom is -0.445 e. The van der Waals surface area contributed by atoms with Gasteiger partial charge in [0.15, 0.2) is 0 Å². The van der Waals surface area contributed by atoms with Gasteiger partial charge in [0.05, 0.1) is 48.8 Å². The zero-order chi connectivity index (χ0) is 71.0. The number of methoxy groups -OCH3 is 2. The number of hydroxylamine groups is 2. The number of rotatable bonds is 37. The summed E-state index contributed by atoms with van der Waals surface area (Å²) in [6, 6.07) is 8.36. The molecule has 0 radical (unpaired) electrons. The van der Waals surface area contributed by atoms with Crippen molar-refractivity contribution in [3.63, 3.8) is 0 Å². The van der Waals surface area contributed by atoms with Crippen molar-refractivity contribution in [3.05, 3.63) is 65.7 Å². The van der Waals surface area contributed by atoms with Gasteiger partial charge in [-0.05, 0) is 86.0 Å². The quantitative estimate of drug-likeness (QED) is 0.0344. The van der Waals surface area contributed by atoms with E-state index in [9.17, 15) is 62.6 Å². The van der Waals surface area contributed by atoms with Crippen molar-refractivity contribution >= 4 is 76.9 Å². The summed E-state index contributed by atoms with van der Waals surface area (Å²) in [5, 5.41) is 27.8. The molecule has 2 heterocycles. The number of carbonyl (C=O) groups excluding carboxylic acids is 12. The summed E-state index contributed by atoms with van der Waals surface area (Å²) < 4.78 is 17.7. The number of likely N-dealkylation sites (N-methyl/N-ethyl adjacent to an activating group) is 2. The second kappa shape index (κ2) is 38.3. The van der Waals surface area contributed by atoms with Crippen molar-refractivity contribution in [2.45, 2.75) is 207 Å². The van der Waals surface area contributed by atoms with E-state index in [1.807, 2.05) is 32.0 Å². The van der Waals surface area contributed by atoms with Crippen LogP contribution >= 0.6 is 0 Å². The molecule has 2 aliphatic rings. The molecular weight excluding hydrogens is 1230 g/mol. The largest absolute Gasteiger partial charge is 0.445 e. The van der Waals surface area contributed by atoms with E-state index in [4.69, 9.17) is 24.8 Å². The number of benzene rings is 2. The summed E-state index contributed by atoms with van der Waals surface area (Å²) in [6.45, 7) is 18.1. The SMILES string of the molecule is CC[C@H](C)[C@@H]([C@@H](CC(=O)N1CCC[C@H]1[C@H](OC)[C@@H](C)C(=O)N[C@H](C)[C@@H](O)c1ccccc1)OC)N(C)C(=O)[C@@H](NC(=O)[C@H](C(C)C)N(C)C(=O)OCc1ccc(NC(=O)[C@@H](CCCNC(N)=O)NC(=O)[C@H](NC(=O)CCCC(=O)ON2C(=O)CCC2=O)C(C)C)cc1)C(C)C. The number of carbonyl (C=O) groups is 12. The van der Waals surface area contributed by atoms with Crippen molar-refractivity contribution in [1.82, 2.24) is 46.3 Å². The molecule has 2 aromatic rings. The Hall–Kier alpha value is -8.24. The second-order valence-corrected chi connectivity index (χ2v) is 25.7. The number of ether oxygens (including phenoxy) is 3. The van der Waals surface area contributed by atoms with Crippen LogP contribution in [0.3, 0.4) is 0 Å². The van der Waals surface area contributed by atoms with Gasteiger partial charge in [-0.2, -0.15) is 0 Å². The van der Waals surface area contributed by atoms with Crippen molar-refractivity contribution in [1.29, 1.82) is 0 Å². The van der Waals surface area contributed by atoms with Crippen molar-refractivity contribution < 1.29 is 81.7 Å². The number of amides is 12. The highest BCUT2D eigenvalue weighted by Crippen LogP contribution is 2.31. The van der Waals surface area contributed by atoms with Crippen LogP contribution in [0, 0.1) is 29.6 Å². The topological polar surface area (TPSA) is 373 Å². The van der Waals surface area contributed by atoms with Gasteiger partial charge in [0, 0.05) is 72.8 Å². The number of hydrogen-bond acceptors (Lipinski definition) is 17. The van der Waals surface area contributed by atoms with E-state index in [1.54, 1.807) is 104 Å². The minimum absolute atomic E-state index is 0.0225. The number of nitrogens with zero attached hydrogens (tertiary/aromatic N) is 4. The molecule has 2 fully saturated rings. The second-order valence-electron chi connectivity index (χ2n) is 25.7. The molecule has 0 unspecified atom stereocenters. The van der Waals surface area contributed by atoms with E-state index >= 15 is 0 Å². The maximum absolute atomic E-state index is 14.8. The highest BCUT2D eigenvalue weighted by molar-refractivity contribution is 6.02. The normalized spacial score (nSPS) is 17.4. The molecule has 12 atom stereocenters. The third-order valence-electron chi connectivity index (χ3n) is 17.5. The molecule has 2 saturated heterocycles. The molecule has 12 amide bonds. The molecule has 0 bridgehead atoms. The van der Waals surface area contributed by atoms with Crippen LogP contribution in [0.4, 0.5) is 15.3 Å². The fraction of sp³-hybridized carbons (Fsp3) is 0.642. The van der Waals surface area contributed by atoms with Gasteiger partial charge < -0.3 is 71.6 Å². The summed E-state index contributed by atoms with van der Waals surface area (Å²) in [5.41, 5.74) is 6.69. The Bertz CT molecular complexity index is 2920. The maximum atomic E-state index is 14.8. The van der Waals surface area contributed by atoms with E-state index in [-0.39, 0.29) is 82.3 Å². The maximum Gasteiger partial charge on any atom is 0.410 e. The fourth-order valence-corrected chi connectivity index (χ4v) is 11.9. The number of aliphatic hydroxyl groups excluding tert-OH is 1. The van der Waals surface area contributed by atoms with Gasteiger partial charge in [-0.3, -0.25) is 48.1 Å². The molecule has 0 aromatic heterocycles. The van der Waals surface area contributed by atoms with Crippen LogP contribution in [-0.2, 0) is 73.6 Å². The highest BCUT2D eigenvalue weighted by atomic mass is 16.7. The van der Waals surface area contributed by atoms with Gasteiger partial charge in [-0.15, -0.1) is 5.06 Å². The molecule has 0 saturated carbocycles. The lowest BCUT2D eigenvalue weighted by Crippen LogP contribution is -2.60. The average molecular weight is 1330 g/mol. The van der Waals surface area contributed by atoms with Gasteiger partial charge in [0.2, 0.25) is 41.4 Å². The number of primary amides is 1. The van der Waals surface area contributed by atoms with Gasteiger partial charge in [-0.1, -0.05) is 111 Å². The summed E-state index contributed by atoms with van der Waals surface area (Å²) in [7, 11) is 6.04. The summed E-state index contributed by atoms with van der Waals surface area (Å²) in [6.07, 6.45) is -1.90. The van der Waals surface area contributed by atoms with Crippen molar-refractivity contribution in [3.8, 4) is 0 Å². The van der Waals surface area contributed by atoms with Gasteiger partial charge >= 0.3 is 18.1 Å². The van der Waals surface area contributed by atoms with E-state index in [2.05, 4.69) is 31.9 Å². The zero-order valence-corrected chi connectivity index (χ0v) is 57.6. The molecular formula is C67H103N11O17. The first-order valence-electron chi connectivity index (χ1n) is 32.8. The Morgan fingerprint density at radius 1 is 0.716 bits per heavy atom. The number of hydrogen-bond donors (Lipinski definition) is 8. The number of nitrogens with two attached hydrogens (primary N) is 1. The molecule has 4 rings (SSSR count). The van der Waals surface area contributed by atoms with Crippen LogP contribution in [0.2, 0.25) is 0 Å². The Balaban J connectivity index is 1.38. The van der Waals surface area contributed by atoms with E-state index in [1.165, 1.54) is 26.2 Å². The zero-order valence-electron chi connectivity index (χ0n) is 57.6. The number of nitrogens with one attached hydrogen (secondary N) is 6. The van der Waals surface area contributed by atoms with Crippen LogP contribution in [-0.4, -0.2) is 192 Å². The molecule has 2 aliphatic heterocycles. The van der Waals surface area contributed by atoms with Gasteiger partial charge in [0.25, 0.3) is 11.8 Å². The lowest BCUT2D eigenvalue weighted by molar-refractivity contribution is -0.197. The number of imide groups is 1. The number of urea groups is 1. The van der Waals surface area contributed by atoms with E-state index in [0.29, 0.717) is 47.7 Å². The fourth-order valence-electron chi connectivity index (χ4n) is 11.9. The Morgan fingerprint density at radius 2 is 1.35 bits per heavy atom. The molecule has 28 heteroatoms. The van der Waals surface area contributed by atoms with Crippen LogP contribution in [0.15, 0.2) is 54.6 Å². The van der Waals surface area contributed by atoms with Crippen LogP contribution in [0.5, 0.6) is 0 Å². The van der Waals surface area contributed by atoms with Crippen LogP contribution in [0.25, 0.3) is 0 Å². The molecule has 95 heavy (non-hydrogen) atoms. The van der Waals surface area contributed by atoms with E-state index < -0.39 is 144 Å². The first-order valence-corrected chi connectivity index (χ1v) is 32.8. The van der Waals surface area contributed by atoms with Crippen molar-refractivity contribution in [2.75, 3.05) is 46.7 Å². The number of anilines is 1. The molecule has 528 valence electrons. The summed E-state index contributed by atoms with van der Waals surface area (Å²) in [5.74, 6) is -7.93. The minimum atomic E-state index is -1.17. The molecule has 28 nitrogen and oxygen atoms in total. The predicted octanol–water partition coefficient (Wildman–Crippen LogP) is 4.37.